The Kier molecular flexibility index (Phi) is 10.6. The van der Waals surface area contributed by atoms with E-state index in [2.05, 4.69) is 27.5 Å². The average Bonchev–Trinajstić information content (AvgIpc) is 2.59. The van der Waals surface area contributed by atoms with Crippen LogP contribution < -0.4 is 15.4 Å². The third-order valence-electron chi connectivity index (χ3n) is 3.68. The highest BCUT2D eigenvalue weighted by Gasteiger charge is 2.09. The molecule has 24 heavy (non-hydrogen) atoms. The number of nitrogens with zero attached hydrogens (tertiary/aromatic N) is 2. The van der Waals surface area contributed by atoms with Crippen LogP contribution in [0.2, 0.25) is 0 Å². The number of hydrogen-bond acceptors (Lipinski definition) is 4. The summed E-state index contributed by atoms with van der Waals surface area (Å²) in [6.07, 6.45) is 4.76. The molecule has 0 amide bonds. The Morgan fingerprint density at radius 3 is 2.79 bits per heavy atom. The van der Waals surface area contributed by atoms with Gasteiger partial charge in [-0.15, -0.1) is 0 Å². The lowest BCUT2D eigenvalue weighted by Gasteiger charge is -2.18. The molecule has 0 bridgehead atoms. The predicted octanol–water partition coefficient (Wildman–Crippen LogP) is 2.33. The van der Waals surface area contributed by atoms with E-state index in [1.54, 1.807) is 6.20 Å². The van der Waals surface area contributed by atoms with Crippen LogP contribution >= 0.6 is 0 Å². The summed E-state index contributed by atoms with van der Waals surface area (Å²) in [5.41, 5.74) is 0.969. The molecule has 0 radical (unpaired) electrons. The number of nitrogens with one attached hydrogen (secondary N) is 2. The van der Waals surface area contributed by atoms with Gasteiger partial charge in [0.15, 0.2) is 5.96 Å². The largest absolute Gasteiger partial charge is 0.478 e. The molecule has 1 aromatic heterocycles. The number of aliphatic hydroxyl groups is 1. The molecule has 136 valence electrons. The van der Waals surface area contributed by atoms with Crippen LogP contribution in [0, 0.1) is 5.92 Å². The monoisotopic (exact) mass is 336 g/mol. The second-order valence-electron chi connectivity index (χ2n) is 5.64. The molecule has 1 unspecified atom stereocenters. The smallest absolute Gasteiger partial charge is 0.218 e. The van der Waals surface area contributed by atoms with E-state index in [0.717, 1.165) is 43.9 Å². The van der Waals surface area contributed by atoms with Gasteiger partial charge in [-0.25, -0.2) is 9.98 Å². The fraction of sp³-hybridized carbons (Fsp3) is 0.667. The maximum atomic E-state index is 9.17. The molecule has 0 spiro atoms. The lowest BCUT2D eigenvalue weighted by Crippen LogP contribution is -2.40. The zero-order chi connectivity index (χ0) is 17.6. The van der Waals surface area contributed by atoms with Crippen LogP contribution in [0.25, 0.3) is 0 Å². The number of aliphatic imine (C=N–C) groups is 1. The van der Waals surface area contributed by atoms with Crippen LogP contribution in [0.4, 0.5) is 0 Å². The van der Waals surface area contributed by atoms with Gasteiger partial charge in [0, 0.05) is 31.5 Å². The fourth-order valence-electron chi connectivity index (χ4n) is 2.50. The first-order valence-electron chi connectivity index (χ1n) is 8.94. The predicted molar refractivity (Wildman–Crippen MR) is 98.3 cm³/mol. The van der Waals surface area contributed by atoms with E-state index in [-0.39, 0.29) is 6.61 Å². The molecule has 0 aliphatic heterocycles. The summed E-state index contributed by atoms with van der Waals surface area (Å²) in [7, 11) is 0. The van der Waals surface area contributed by atoms with Crippen molar-refractivity contribution >= 4 is 5.96 Å². The molecule has 0 fully saturated rings. The van der Waals surface area contributed by atoms with Crippen molar-refractivity contribution < 1.29 is 9.84 Å². The Bertz CT molecular complexity index is 474. The standard InChI is InChI=1S/C18H32N4O2/c1-4-8-15(10-12-23)13-21-18(19-5-2)22-14-16-9-7-11-20-17(16)24-6-3/h7,9,11,15,23H,4-6,8,10,12-14H2,1-3H3,(H2,19,21,22). The van der Waals surface area contributed by atoms with Crippen molar-refractivity contribution in [3.63, 3.8) is 0 Å². The van der Waals surface area contributed by atoms with E-state index < -0.39 is 0 Å². The summed E-state index contributed by atoms with van der Waals surface area (Å²) in [6, 6.07) is 3.88. The number of rotatable bonds is 11. The van der Waals surface area contributed by atoms with Gasteiger partial charge < -0.3 is 20.5 Å². The molecule has 1 rings (SSSR count). The molecule has 1 heterocycles. The van der Waals surface area contributed by atoms with E-state index in [4.69, 9.17) is 4.74 Å². The lowest BCUT2D eigenvalue weighted by molar-refractivity contribution is 0.251. The van der Waals surface area contributed by atoms with E-state index in [1.807, 2.05) is 26.0 Å². The number of aliphatic hydroxyl groups excluding tert-OH is 1. The van der Waals surface area contributed by atoms with E-state index >= 15 is 0 Å². The van der Waals surface area contributed by atoms with Gasteiger partial charge in [0.2, 0.25) is 5.88 Å². The molecule has 3 N–H and O–H groups in total. The second kappa shape index (κ2) is 12.6. The third kappa shape index (κ3) is 7.64. The molecule has 1 atom stereocenters. The van der Waals surface area contributed by atoms with Crippen molar-refractivity contribution in [3.05, 3.63) is 23.9 Å². The summed E-state index contributed by atoms with van der Waals surface area (Å²) >= 11 is 0. The van der Waals surface area contributed by atoms with Crippen LogP contribution in [0.5, 0.6) is 5.88 Å². The van der Waals surface area contributed by atoms with Gasteiger partial charge in [-0.1, -0.05) is 19.4 Å². The number of pyridine rings is 1. The van der Waals surface area contributed by atoms with Crippen LogP contribution in [0.3, 0.4) is 0 Å². The first kappa shape index (κ1) is 20.2. The number of hydrogen-bond donors (Lipinski definition) is 3. The van der Waals surface area contributed by atoms with E-state index in [9.17, 15) is 5.11 Å². The van der Waals surface area contributed by atoms with Gasteiger partial charge in [0.05, 0.1) is 13.2 Å². The molecular formula is C18H32N4O2. The summed E-state index contributed by atoms with van der Waals surface area (Å²) in [6.45, 7) is 9.10. The van der Waals surface area contributed by atoms with Crippen molar-refractivity contribution in [2.45, 2.75) is 46.6 Å². The normalized spacial score (nSPS) is 12.8. The molecule has 1 aromatic rings. The number of ether oxygens (including phenoxy) is 1. The minimum Gasteiger partial charge on any atom is -0.478 e. The van der Waals surface area contributed by atoms with Crippen molar-refractivity contribution in [1.82, 2.24) is 15.6 Å². The van der Waals surface area contributed by atoms with Crippen molar-refractivity contribution in [3.8, 4) is 5.88 Å². The Hall–Kier alpha value is -1.82. The molecule has 0 aliphatic rings. The van der Waals surface area contributed by atoms with Gasteiger partial charge >= 0.3 is 0 Å². The summed E-state index contributed by atoms with van der Waals surface area (Å²) < 4.78 is 5.54. The van der Waals surface area contributed by atoms with Gasteiger partial charge in [0.25, 0.3) is 0 Å². The first-order chi connectivity index (χ1) is 11.7. The Labute approximate surface area is 145 Å². The third-order valence-corrected chi connectivity index (χ3v) is 3.68. The zero-order valence-corrected chi connectivity index (χ0v) is 15.2. The number of aromatic nitrogens is 1. The fourth-order valence-corrected chi connectivity index (χ4v) is 2.50. The second-order valence-corrected chi connectivity index (χ2v) is 5.64. The topological polar surface area (TPSA) is 78.8 Å². The molecule has 6 heteroatoms. The first-order valence-corrected chi connectivity index (χ1v) is 8.94. The van der Waals surface area contributed by atoms with Crippen LogP contribution in [0.15, 0.2) is 23.3 Å². The Morgan fingerprint density at radius 1 is 1.29 bits per heavy atom. The molecule has 0 saturated carbocycles. The highest BCUT2D eigenvalue weighted by Crippen LogP contribution is 2.15. The maximum Gasteiger partial charge on any atom is 0.218 e. The average molecular weight is 336 g/mol. The molecule has 6 nitrogen and oxygen atoms in total. The summed E-state index contributed by atoms with van der Waals surface area (Å²) in [5.74, 6) is 1.88. The van der Waals surface area contributed by atoms with Gasteiger partial charge in [0.1, 0.15) is 0 Å². The highest BCUT2D eigenvalue weighted by molar-refractivity contribution is 5.79. The van der Waals surface area contributed by atoms with Crippen molar-refractivity contribution in [2.75, 3.05) is 26.3 Å². The van der Waals surface area contributed by atoms with Gasteiger partial charge in [-0.05, 0) is 38.7 Å². The molecule has 0 aliphatic carbocycles. The Balaban J connectivity index is 2.68. The van der Waals surface area contributed by atoms with Gasteiger partial charge in [-0.3, -0.25) is 0 Å². The SMILES string of the molecule is CCCC(CCO)CNC(=NCc1cccnc1OCC)NCC. The van der Waals surface area contributed by atoms with Crippen LogP contribution in [0.1, 0.15) is 45.6 Å². The van der Waals surface area contributed by atoms with Crippen molar-refractivity contribution in [1.29, 1.82) is 0 Å². The summed E-state index contributed by atoms with van der Waals surface area (Å²) in [4.78, 5) is 8.89. The lowest BCUT2D eigenvalue weighted by atomic mass is 10.0. The molecular weight excluding hydrogens is 304 g/mol. The summed E-state index contributed by atoms with van der Waals surface area (Å²) in [5, 5.41) is 15.8. The number of guanidine groups is 1. The minimum absolute atomic E-state index is 0.230. The van der Waals surface area contributed by atoms with Crippen molar-refractivity contribution in [2.24, 2.45) is 10.9 Å². The maximum absolute atomic E-state index is 9.17. The minimum atomic E-state index is 0.230. The quantitative estimate of drug-likeness (QED) is 0.427. The molecule has 0 saturated heterocycles. The zero-order valence-electron chi connectivity index (χ0n) is 15.2. The molecule has 0 aromatic carbocycles. The highest BCUT2D eigenvalue weighted by atomic mass is 16.5. The Morgan fingerprint density at radius 2 is 2.12 bits per heavy atom. The van der Waals surface area contributed by atoms with E-state index in [0.29, 0.717) is 24.9 Å². The van der Waals surface area contributed by atoms with Crippen LogP contribution in [-0.4, -0.2) is 42.4 Å². The van der Waals surface area contributed by atoms with E-state index in [1.165, 1.54) is 0 Å². The van der Waals surface area contributed by atoms with Crippen LogP contribution in [-0.2, 0) is 6.54 Å². The van der Waals surface area contributed by atoms with Gasteiger partial charge in [-0.2, -0.15) is 0 Å².